The van der Waals surface area contributed by atoms with Crippen molar-refractivity contribution in [2.24, 2.45) is 0 Å². The van der Waals surface area contributed by atoms with Crippen molar-refractivity contribution in [1.29, 1.82) is 0 Å². The Bertz CT molecular complexity index is 144. The van der Waals surface area contributed by atoms with Crippen molar-refractivity contribution in [2.45, 2.75) is 12.2 Å². The van der Waals surface area contributed by atoms with Crippen molar-refractivity contribution in [3.8, 4) is 0 Å². The molecule has 0 aliphatic rings. The predicted molar refractivity (Wildman–Crippen MR) is 27.8 cm³/mol. The van der Waals surface area contributed by atoms with E-state index in [0.717, 1.165) is 0 Å². The van der Waals surface area contributed by atoms with Crippen LogP contribution >= 0.6 is 0 Å². The van der Waals surface area contributed by atoms with E-state index in [1.165, 1.54) is 0 Å². The van der Waals surface area contributed by atoms with Crippen molar-refractivity contribution < 1.29 is 59.6 Å². The summed E-state index contributed by atoms with van der Waals surface area (Å²) in [7, 11) is 0. The van der Waals surface area contributed by atoms with Crippen LogP contribution in [0.3, 0.4) is 0 Å². The number of carboxylic acids is 2. The maximum atomic E-state index is 9.63. The van der Waals surface area contributed by atoms with Gasteiger partial charge in [0.05, 0.1) is 11.9 Å². The van der Waals surface area contributed by atoms with Crippen molar-refractivity contribution in [2.75, 3.05) is 0 Å². The van der Waals surface area contributed by atoms with Gasteiger partial charge in [-0.25, -0.2) is 0 Å². The number of hydrogen-bond acceptors (Lipinski definition) is 6. The molecular formula is C4H4BeNaO6+. The van der Waals surface area contributed by atoms with Gasteiger partial charge >= 0.3 is 39.7 Å². The Kier molecular flexibility index (Phi) is 11.5. The summed E-state index contributed by atoms with van der Waals surface area (Å²) in [5.41, 5.74) is 0. The number of aliphatic hydroxyl groups excluding tert-OH is 2. The second kappa shape index (κ2) is 7.67. The summed E-state index contributed by atoms with van der Waals surface area (Å²) in [5, 5.41) is 35.7. The Morgan fingerprint density at radius 2 is 1.17 bits per heavy atom. The molecule has 0 aromatic carbocycles. The first-order valence-electron chi connectivity index (χ1n) is 2.24. The van der Waals surface area contributed by atoms with Crippen LogP contribution in [-0.4, -0.2) is 44.5 Å². The van der Waals surface area contributed by atoms with E-state index in [2.05, 4.69) is 0 Å². The molecule has 0 aliphatic carbocycles. The maximum Gasteiger partial charge on any atom is 2.00 e. The first-order valence-corrected chi connectivity index (χ1v) is 2.24. The number of hydrogen-bond donors (Lipinski definition) is 2. The number of carbonyl (C=O) groups excluding carboxylic acids is 2. The average Bonchev–Trinajstić information content (AvgIpc) is 1.84. The summed E-state index contributed by atoms with van der Waals surface area (Å²) < 4.78 is 0. The van der Waals surface area contributed by atoms with Crippen molar-refractivity contribution in [3.63, 3.8) is 0 Å². The molecule has 0 radical (unpaired) electrons. The molecule has 0 fully saturated rings. The second-order valence-corrected chi connectivity index (χ2v) is 1.53. The number of aliphatic hydroxyl groups is 2. The van der Waals surface area contributed by atoms with Crippen LogP contribution in [0.15, 0.2) is 0 Å². The minimum Gasteiger partial charge on any atom is -0.547 e. The molecule has 58 valence electrons. The van der Waals surface area contributed by atoms with Gasteiger partial charge in [0.25, 0.3) is 0 Å². The van der Waals surface area contributed by atoms with Gasteiger partial charge in [-0.3, -0.25) is 0 Å². The molecule has 0 spiro atoms. The van der Waals surface area contributed by atoms with Gasteiger partial charge in [0.15, 0.2) is 0 Å². The summed E-state index contributed by atoms with van der Waals surface area (Å²) in [5.74, 6) is -4.12. The molecule has 0 saturated carbocycles. The zero-order valence-electron chi connectivity index (χ0n) is 6.39. The summed E-state index contributed by atoms with van der Waals surface area (Å²) in [6.07, 6.45) is -4.88. The Morgan fingerprint density at radius 3 is 1.25 bits per heavy atom. The molecule has 0 heterocycles. The molecule has 0 rings (SSSR count). The fourth-order valence-corrected chi connectivity index (χ4v) is 0.258. The molecule has 8 heteroatoms. The summed E-state index contributed by atoms with van der Waals surface area (Å²) >= 11 is 0. The predicted octanol–water partition coefficient (Wildman–Crippen LogP) is -8.17. The molecule has 2 N–H and O–H groups in total. The topological polar surface area (TPSA) is 121 Å². The number of carboxylic acid groups (broad SMARTS) is 2. The van der Waals surface area contributed by atoms with Crippen molar-refractivity contribution in [3.05, 3.63) is 0 Å². The van der Waals surface area contributed by atoms with E-state index >= 15 is 0 Å². The molecule has 2 unspecified atom stereocenters. The van der Waals surface area contributed by atoms with E-state index in [1.54, 1.807) is 0 Å². The minimum atomic E-state index is -2.44. The zero-order chi connectivity index (χ0) is 8.31. The molecule has 0 amide bonds. The monoisotopic (exact) mass is 180 g/mol. The third-order valence-electron chi connectivity index (χ3n) is 0.782. The molecule has 0 aromatic rings. The second-order valence-electron chi connectivity index (χ2n) is 1.53. The largest absolute Gasteiger partial charge is 2.00 e. The van der Waals surface area contributed by atoms with Gasteiger partial charge in [-0.15, -0.1) is 0 Å². The fourth-order valence-electron chi connectivity index (χ4n) is 0.258. The first kappa shape index (κ1) is 17.9. The molecule has 2 atom stereocenters. The van der Waals surface area contributed by atoms with E-state index in [4.69, 9.17) is 10.2 Å². The minimum absolute atomic E-state index is 0. The Hall–Kier alpha value is 0.0288. The molecular weight excluding hydrogens is 176 g/mol. The Labute approximate surface area is 93.7 Å². The number of aliphatic carboxylic acids is 2. The zero-order valence-corrected chi connectivity index (χ0v) is 8.39. The van der Waals surface area contributed by atoms with Gasteiger partial charge in [-0.05, 0) is 0 Å². The van der Waals surface area contributed by atoms with Crippen LogP contribution < -0.4 is 39.8 Å². The van der Waals surface area contributed by atoms with Gasteiger partial charge in [-0.1, -0.05) is 0 Å². The summed E-state index contributed by atoms with van der Waals surface area (Å²) in [6.45, 7) is 0. The third kappa shape index (κ3) is 5.65. The quantitative estimate of drug-likeness (QED) is 0.416. The smallest absolute Gasteiger partial charge is 0.547 e. The Balaban J connectivity index is -0.000000405. The maximum absolute atomic E-state index is 9.63. The van der Waals surface area contributed by atoms with Gasteiger partial charge in [0.2, 0.25) is 0 Å². The number of rotatable bonds is 3. The molecule has 0 aliphatic heterocycles. The van der Waals surface area contributed by atoms with E-state index in [-0.39, 0.29) is 39.7 Å². The average molecular weight is 180 g/mol. The molecule has 0 aromatic heterocycles. The van der Waals surface area contributed by atoms with E-state index in [9.17, 15) is 19.8 Å². The molecule has 0 saturated heterocycles. The van der Waals surface area contributed by atoms with Crippen LogP contribution in [0.4, 0.5) is 0 Å². The van der Waals surface area contributed by atoms with Gasteiger partial charge in [-0.2, -0.15) is 0 Å². The van der Waals surface area contributed by atoms with E-state index in [1.807, 2.05) is 0 Å². The number of carbonyl (C=O) groups is 2. The first-order chi connectivity index (χ1) is 4.46. The van der Waals surface area contributed by atoms with Gasteiger partial charge < -0.3 is 30.0 Å². The summed E-state index contributed by atoms with van der Waals surface area (Å²) in [6, 6.07) is 0. The Morgan fingerprint density at radius 1 is 1.00 bits per heavy atom. The van der Waals surface area contributed by atoms with Gasteiger partial charge in [0, 0.05) is 0 Å². The SMILES string of the molecule is O=C([O-])C(O)C(O)C(=O)[O-].[Be+2].[Na+]. The van der Waals surface area contributed by atoms with E-state index in [0.29, 0.717) is 0 Å². The van der Waals surface area contributed by atoms with Crippen LogP contribution in [0.5, 0.6) is 0 Å². The molecule has 6 nitrogen and oxygen atoms in total. The van der Waals surface area contributed by atoms with E-state index < -0.39 is 24.1 Å². The fraction of sp³-hybridized carbons (Fsp3) is 0.500. The van der Waals surface area contributed by atoms with Crippen molar-refractivity contribution in [1.82, 2.24) is 0 Å². The van der Waals surface area contributed by atoms with Crippen LogP contribution in [0, 0.1) is 0 Å². The molecule has 0 bridgehead atoms. The van der Waals surface area contributed by atoms with Crippen LogP contribution in [-0.2, 0) is 9.59 Å². The van der Waals surface area contributed by atoms with Gasteiger partial charge in [0.1, 0.15) is 12.2 Å². The van der Waals surface area contributed by atoms with Crippen LogP contribution in [0.1, 0.15) is 0 Å². The summed E-state index contributed by atoms with van der Waals surface area (Å²) in [4.78, 5) is 19.3. The van der Waals surface area contributed by atoms with Crippen LogP contribution in [0.25, 0.3) is 0 Å². The molecule has 12 heavy (non-hydrogen) atoms. The van der Waals surface area contributed by atoms with Crippen molar-refractivity contribution >= 4 is 22.1 Å². The van der Waals surface area contributed by atoms with Crippen LogP contribution in [0.2, 0.25) is 0 Å². The normalized spacial score (nSPS) is 13.2. The standard InChI is InChI=1S/C4H6O6.Be.Na/c5-1(3(7)8)2(6)4(9)10;;/h1-2,5-6H,(H,7,8)(H,9,10);;/q;+2;+1/p-2. The third-order valence-corrected chi connectivity index (χ3v) is 0.782.